The molecule has 1 heterocycles. The van der Waals surface area contributed by atoms with E-state index in [1.807, 2.05) is 13.1 Å². The zero-order chi connectivity index (χ0) is 8.81. The maximum Gasteiger partial charge on any atom is 0.0247 e. The first-order valence-electron chi connectivity index (χ1n) is 4.74. The van der Waals surface area contributed by atoms with Crippen molar-refractivity contribution >= 4 is 11.8 Å². The lowest BCUT2D eigenvalue weighted by molar-refractivity contribution is 0.411. The Morgan fingerprint density at radius 3 is 2.75 bits per heavy atom. The summed E-state index contributed by atoms with van der Waals surface area (Å²) in [6.07, 6.45) is 6.11. The van der Waals surface area contributed by atoms with Crippen molar-refractivity contribution in [1.82, 2.24) is 5.32 Å². The summed E-state index contributed by atoms with van der Waals surface area (Å²) in [5.41, 5.74) is 0. The third-order valence-electron chi connectivity index (χ3n) is 2.58. The Hall–Kier alpha value is 0.0500. The first-order valence-corrected chi connectivity index (χ1v) is 5.90. The van der Waals surface area contributed by atoms with Crippen molar-refractivity contribution in [3.63, 3.8) is 0 Å². The molecular weight excluding hydrogens is 166 g/mol. The molecule has 0 radical (unpaired) electrons. The van der Waals surface area contributed by atoms with E-state index in [1.165, 1.54) is 30.8 Å². The molecule has 2 heteroatoms. The molecule has 0 aromatic heterocycles. The van der Waals surface area contributed by atoms with Crippen molar-refractivity contribution in [1.29, 1.82) is 0 Å². The molecule has 1 atom stereocenters. The molecule has 1 aliphatic heterocycles. The average Bonchev–Trinajstić information content (AvgIpc) is 2.16. The molecule has 1 rings (SSSR count). The quantitative estimate of drug-likeness (QED) is 0.674. The van der Waals surface area contributed by atoms with Gasteiger partial charge in [0.2, 0.25) is 0 Å². The molecule has 12 heavy (non-hydrogen) atoms. The number of nitrogens with one attached hydrogen (secondary N) is 1. The lowest BCUT2D eigenvalue weighted by Crippen LogP contribution is -2.26. The Kier molecular flexibility index (Phi) is 4.77. The largest absolute Gasteiger partial charge is 0.314 e. The second kappa shape index (κ2) is 5.65. The van der Waals surface area contributed by atoms with Gasteiger partial charge in [0.05, 0.1) is 0 Å². The third-order valence-corrected chi connectivity index (χ3v) is 3.63. The number of rotatable bonds is 4. The molecule has 1 saturated heterocycles. The summed E-state index contributed by atoms with van der Waals surface area (Å²) in [6.45, 7) is 3.83. The van der Waals surface area contributed by atoms with Crippen molar-refractivity contribution in [2.45, 2.75) is 25.3 Å². The van der Waals surface area contributed by atoms with Crippen LogP contribution in [0.15, 0.2) is 12.7 Å². The minimum absolute atomic E-state index is 0.526. The summed E-state index contributed by atoms with van der Waals surface area (Å²) in [7, 11) is 2.02. The van der Waals surface area contributed by atoms with E-state index < -0.39 is 0 Å². The Morgan fingerprint density at radius 2 is 2.25 bits per heavy atom. The highest BCUT2D eigenvalue weighted by Crippen LogP contribution is 2.26. The SMILES string of the molecule is C=CC(CC1CCSCC1)NC. The second-order valence-electron chi connectivity index (χ2n) is 3.42. The molecule has 1 fully saturated rings. The van der Waals surface area contributed by atoms with Gasteiger partial charge in [0.1, 0.15) is 0 Å². The minimum atomic E-state index is 0.526. The van der Waals surface area contributed by atoms with Crippen LogP contribution in [0.2, 0.25) is 0 Å². The van der Waals surface area contributed by atoms with Crippen molar-refractivity contribution in [2.75, 3.05) is 18.6 Å². The molecule has 0 spiro atoms. The van der Waals surface area contributed by atoms with E-state index in [0.29, 0.717) is 6.04 Å². The Balaban J connectivity index is 2.22. The van der Waals surface area contributed by atoms with Crippen LogP contribution in [0.5, 0.6) is 0 Å². The Morgan fingerprint density at radius 1 is 1.58 bits per heavy atom. The topological polar surface area (TPSA) is 12.0 Å². The van der Waals surface area contributed by atoms with Gasteiger partial charge in [0.15, 0.2) is 0 Å². The standard InChI is InChI=1S/C10H19NS/c1-3-10(11-2)8-9-4-6-12-7-5-9/h3,9-11H,1,4-8H2,2H3. The van der Waals surface area contributed by atoms with Gasteiger partial charge in [-0.25, -0.2) is 0 Å². The van der Waals surface area contributed by atoms with E-state index >= 15 is 0 Å². The van der Waals surface area contributed by atoms with Gasteiger partial charge in [-0.1, -0.05) is 6.08 Å². The highest BCUT2D eigenvalue weighted by atomic mass is 32.2. The van der Waals surface area contributed by atoms with E-state index in [4.69, 9.17) is 0 Å². The fourth-order valence-electron chi connectivity index (χ4n) is 1.67. The first-order chi connectivity index (χ1) is 5.86. The minimum Gasteiger partial charge on any atom is -0.314 e. The molecule has 0 bridgehead atoms. The molecule has 1 aliphatic rings. The van der Waals surface area contributed by atoms with Crippen LogP contribution in [-0.2, 0) is 0 Å². The van der Waals surface area contributed by atoms with E-state index in [0.717, 1.165) is 5.92 Å². The molecule has 70 valence electrons. The molecular formula is C10H19NS. The van der Waals surface area contributed by atoms with E-state index in [9.17, 15) is 0 Å². The van der Waals surface area contributed by atoms with E-state index in [2.05, 4.69) is 23.7 Å². The predicted molar refractivity (Wildman–Crippen MR) is 57.7 cm³/mol. The van der Waals surface area contributed by atoms with Gasteiger partial charge in [-0.2, -0.15) is 11.8 Å². The highest BCUT2D eigenvalue weighted by Gasteiger charge is 2.16. The molecule has 0 aliphatic carbocycles. The van der Waals surface area contributed by atoms with Gasteiger partial charge >= 0.3 is 0 Å². The van der Waals surface area contributed by atoms with Crippen LogP contribution in [-0.4, -0.2) is 24.6 Å². The third kappa shape index (κ3) is 3.20. The Labute approximate surface area is 80.0 Å². The summed E-state index contributed by atoms with van der Waals surface area (Å²) < 4.78 is 0. The molecule has 0 aromatic rings. The summed E-state index contributed by atoms with van der Waals surface area (Å²) in [5.74, 6) is 3.65. The number of hydrogen-bond acceptors (Lipinski definition) is 2. The van der Waals surface area contributed by atoms with Gasteiger partial charge in [-0.3, -0.25) is 0 Å². The van der Waals surface area contributed by atoms with Gasteiger partial charge < -0.3 is 5.32 Å². The second-order valence-corrected chi connectivity index (χ2v) is 4.65. The Bertz CT molecular complexity index is 130. The molecule has 0 aromatic carbocycles. The molecule has 1 unspecified atom stereocenters. The van der Waals surface area contributed by atoms with E-state index in [1.54, 1.807) is 0 Å². The fraction of sp³-hybridized carbons (Fsp3) is 0.800. The summed E-state index contributed by atoms with van der Waals surface area (Å²) in [5, 5.41) is 3.27. The maximum atomic E-state index is 3.83. The van der Waals surface area contributed by atoms with Crippen LogP contribution < -0.4 is 5.32 Å². The van der Waals surface area contributed by atoms with Gasteiger partial charge in [0, 0.05) is 6.04 Å². The average molecular weight is 185 g/mol. The number of hydrogen-bond donors (Lipinski definition) is 1. The lowest BCUT2D eigenvalue weighted by atomic mass is 9.94. The molecule has 0 saturated carbocycles. The van der Waals surface area contributed by atoms with Crippen LogP contribution in [0, 0.1) is 5.92 Å². The predicted octanol–water partition coefficient (Wildman–Crippen LogP) is 2.29. The zero-order valence-electron chi connectivity index (χ0n) is 7.88. The van der Waals surface area contributed by atoms with Crippen molar-refractivity contribution in [3.05, 3.63) is 12.7 Å². The highest BCUT2D eigenvalue weighted by molar-refractivity contribution is 7.99. The van der Waals surface area contributed by atoms with Crippen LogP contribution >= 0.6 is 11.8 Å². The van der Waals surface area contributed by atoms with Crippen molar-refractivity contribution in [2.24, 2.45) is 5.92 Å². The van der Waals surface area contributed by atoms with E-state index in [-0.39, 0.29) is 0 Å². The zero-order valence-corrected chi connectivity index (χ0v) is 8.70. The van der Waals surface area contributed by atoms with Crippen LogP contribution in [0.3, 0.4) is 0 Å². The van der Waals surface area contributed by atoms with Crippen molar-refractivity contribution < 1.29 is 0 Å². The summed E-state index contributed by atoms with van der Waals surface area (Å²) in [4.78, 5) is 0. The van der Waals surface area contributed by atoms with Gasteiger partial charge in [-0.05, 0) is 43.7 Å². The monoisotopic (exact) mass is 185 g/mol. The van der Waals surface area contributed by atoms with Crippen LogP contribution in [0.1, 0.15) is 19.3 Å². The first kappa shape index (κ1) is 10.1. The normalized spacial score (nSPS) is 22.1. The van der Waals surface area contributed by atoms with Gasteiger partial charge in [0.25, 0.3) is 0 Å². The van der Waals surface area contributed by atoms with Crippen LogP contribution in [0.4, 0.5) is 0 Å². The summed E-state index contributed by atoms with van der Waals surface area (Å²) >= 11 is 2.09. The van der Waals surface area contributed by atoms with Crippen molar-refractivity contribution in [3.8, 4) is 0 Å². The van der Waals surface area contributed by atoms with Gasteiger partial charge in [-0.15, -0.1) is 6.58 Å². The smallest absolute Gasteiger partial charge is 0.0247 e. The fourth-order valence-corrected chi connectivity index (χ4v) is 2.88. The molecule has 1 N–H and O–H groups in total. The number of likely N-dealkylation sites (N-methyl/N-ethyl adjacent to an activating group) is 1. The maximum absolute atomic E-state index is 3.83. The lowest BCUT2D eigenvalue weighted by Gasteiger charge is -2.24. The molecule has 0 amide bonds. The summed E-state index contributed by atoms with van der Waals surface area (Å²) in [6, 6.07) is 0.526. The number of thioether (sulfide) groups is 1. The van der Waals surface area contributed by atoms with Crippen LogP contribution in [0.25, 0.3) is 0 Å². The molecule has 1 nitrogen and oxygen atoms in total.